The van der Waals surface area contributed by atoms with Crippen molar-refractivity contribution in [3.63, 3.8) is 0 Å². The molecular weight excluding hydrogens is 492 g/mol. The van der Waals surface area contributed by atoms with E-state index in [2.05, 4.69) is 20.8 Å². The maximum atomic E-state index is 13.1. The highest BCUT2D eigenvalue weighted by Gasteiger charge is 2.76. The Bertz CT molecular complexity index is 960. The van der Waals surface area contributed by atoms with Gasteiger partial charge in [-0.1, -0.05) is 34.1 Å². The van der Waals surface area contributed by atoms with Crippen molar-refractivity contribution in [3.05, 3.63) is 0 Å². The smallest absolute Gasteiger partial charge is 0.309 e. The Morgan fingerprint density at radius 3 is 2.24 bits per heavy atom. The quantitative estimate of drug-likeness (QED) is 0.356. The molecule has 4 fully saturated rings. The van der Waals surface area contributed by atoms with Gasteiger partial charge in [0.2, 0.25) is 12.6 Å². The molecule has 0 radical (unpaired) electrons. The van der Waals surface area contributed by atoms with Crippen molar-refractivity contribution in [1.29, 1.82) is 0 Å². The van der Waals surface area contributed by atoms with Crippen molar-refractivity contribution in [2.45, 2.75) is 112 Å². The summed E-state index contributed by atoms with van der Waals surface area (Å²) in [6.07, 6.45) is 2.90. The van der Waals surface area contributed by atoms with Crippen LogP contribution in [0.4, 0.5) is 0 Å². The third kappa shape index (κ3) is 4.62. The van der Waals surface area contributed by atoms with E-state index in [4.69, 9.17) is 23.7 Å². The number of hydrogen-bond donors (Lipinski definition) is 0. The first kappa shape index (κ1) is 28.8. The van der Waals surface area contributed by atoms with E-state index in [1.54, 1.807) is 0 Å². The predicted octanol–water partition coefficient (Wildman–Crippen LogP) is 4.55. The van der Waals surface area contributed by atoms with Gasteiger partial charge in [0.05, 0.1) is 13.0 Å². The van der Waals surface area contributed by atoms with Crippen LogP contribution in [0.5, 0.6) is 0 Å². The maximum Gasteiger partial charge on any atom is 0.309 e. The molecule has 1 aliphatic heterocycles. The zero-order valence-corrected chi connectivity index (χ0v) is 23.9. The van der Waals surface area contributed by atoms with Crippen LogP contribution in [0.25, 0.3) is 0 Å². The lowest BCUT2D eigenvalue weighted by Crippen LogP contribution is -2.67. The molecule has 4 rings (SSSR count). The number of carbonyl (C=O) groups is 4. The Morgan fingerprint density at radius 1 is 0.947 bits per heavy atom. The first-order chi connectivity index (χ1) is 17.8. The SMILES string of the molecule is CCCC(=O)OC1CC23C(OC(C)=O)OC(OC(C)=O)C2C(C(=O)OC)CCC3C2(C)CCCC(C)(C)C12. The molecule has 9 atom stereocenters. The predicted molar refractivity (Wildman–Crippen MR) is 135 cm³/mol. The number of esters is 4. The Morgan fingerprint density at radius 2 is 1.63 bits per heavy atom. The lowest BCUT2D eigenvalue weighted by atomic mass is 9.37. The Balaban J connectivity index is 1.92. The Kier molecular flexibility index (Phi) is 7.92. The second-order valence-corrected chi connectivity index (χ2v) is 12.8. The summed E-state index contributed by atoms with van der Waals surface area (Å²) in [6, 6.07) is 0. The molecule has 214 valence electrons. The van der Waals surface area contributed by atoms with Gasteiger partial charge in [0, 0.05) is 37.5 Å². The van der Waals surface area contributed by atoms with Crippen LogP contribution in [-0.4, -0.2) is 49.7 Å². The third-order valence-electron chi connectivity index (χ3n) is 10.1. The van der Waals surface area contributed by atoms with Crippen LogP contribution in [0.2, 0.25) is 0 Å². The summed E-state index contributed by atoms with van der Waals surface area (Å²) in [5.41, 5.74) is -1.28. The van der Waals surface area contributed by atoms with E-state index < -0.39 is 53.8 Å². The molecule has 1 heterocycles. The summed E-state index contributed by atoms with van der Waals surface area (Å²) in [7, 11) is 1.35. The lowest BCUT2D eigenvalue weighted by Gasteiger charge is -2.67. The number of ether oxygens (including phenoxy) is 5. The number of fused-ring (bicyclic) bond motifs is 2. The summed E-state index contributed by atoms with van der Waals surface area (Å²) in [5, 5.41) is 0. The first-order valence-electron chi connectivity index (χ1n) is 14.1. The van der Waals surface area contributed by atoms with Crippen molar-refractivity contribution in [2.24, 2.45) is 39.9 Å². The van der Waals surface area contributed by atoms with Crippen molar-refractivity contribution >= 4 is 23.9 Å². The number of rotatable bonds is 6. The summed E-state index contributed by atoms with van der Waals surface area (Å²) in [5.74, 6) is -2.93. The molecule has 9 unspecified atom stereocenters. The van der Waals surface area contributed by atoms with Crippen LogP contribution >= 0.6 is 0 Å². The van der Waals surface area contributed by atoms with Gasteiger partial charge >= 0.3 is 23.9 Å². The molecule has 3 saturated carbocycles. The average Bonchev–Trinajstić information content (AvgIpc) is 3.08. The molecule has 0 amide bonds. The molecule has 4 aliphatic rings. The van der Waals surface area contributed by atoms with E-state index in [-0.39, 0.29) is 28.6 Å². The van der Waals surface area contributed by atoms with Crippen molar-refractivity contribution in [3.8, 4) is 0 Å². The molecule has 38 heavy (non-hydrogen) atoms. The molecule has 0 aromatic rings. The van der Waals surface area contributed by atoms with E-state index >= 15 is 0 Å². The molecule has 9 nitrogen and oxygen atoms in total. The summed E-state index contributed by atoms with van der Waals surface area (Å²) < 4.78 is 29.3. The van der Waals surface area contributed by atoms with Gasteiger partial charge < -0.3 is 23.7 Å². The molecule has 0 aromatic heterocycles. The highest BCUT2D eigenvalue weighted by molar-refractivity contribution is 5.74. The van der Waals surface area contributed by atoms with E-state index in [0.29, 0.717) is 32.1 Å². The molecule has 1 spiro atoms. The molecular formula is C29H44O9. The van der Waals surface area contributed by atoms with Crippen LogP contribution in [0, 0.1) is 39.9 Å². The van der Waals surface area contributed by atoms with Crippen LogP contribution < -0.4 is 0 Å². The van der Waals surface area contributed by atoms with Gasteiger partial charge in [0.15, 0.2) is 0 Å². The fraction of sp³-hybridized carbons (Fsp3) is 0.862. The van der Waals surface area contributed by atoms with Crippen LogP contribution in [-0.2, 0) is 42.9 Å². The second-order valence-electron chi connectivity index (χ2n) is 12.8. The number of methoxy groups -OCH3 is 1. The fourth-order valence-corrected chi connectivity index (χ4v) is 9.24. The molecule has 1 saturated heterocycles. The van der Waals surface area contributed by atoms with Gasteiger partial charge in [-0.25, -0.2) is 0 Å². The first-order valence-corrected chi connectivity index (χ1v) is 14.1. The van der Waals surface area contributed by atoms with Gasteiger partial charge in [0.1, 0.15) is 6.10 Å². The van der Waals surface area contributed by atoms with Gasteiger partial charge in [-0.2, -0.15) is 0 Å². The Labute approximate surface area is 225 Å². The molecule has 0 N–H and O–H groups in total. The zero-order chi connectivity index (χ0) is 28.0. The van der Waals surface area contributed by atoms with Gasteiger partial charge in [-0.15, -0.1) is 0 Å². The van der Waals surface area contributed by atoms with Crippen LogP contribution in [0.15, 0.2) is 0 Å². The van der Waals surface area contributed by atoms with Gasteiger partial charge in [-0.05, 0) is 55.3 Å². The summed E-state index contributed by atoms with van der Waals surface area (Å²) >= 11 is 0. The largest absolute Gasteiger partial charge is 0.469 e. The highest BCUT2D eigenvalue weighted by atomic mass is 16.8. The van der Waals surface area contributed by atoms with E-state index in [9.17, 15) is 19.2 Å². The number of hydrogen-bond acceptors (Lipinski definition) is 9. The summed E-state index contributed by atoms with van der Waals surface area (Å²) in [4.78, 5) is 50.6. The third-order valence-corrected chi connectivity index (χ3v) is 10.1. The second kappa shape index (κ2) is 10.4. The van der Waals surface area contributed by atoms with Crippen molar-refractivity contribution in [1.82, 2.24) is 0 Å². The highest BCUT2D eigenvalue weighted by Crippen LogP contribution is 2.73. The minimum Gasteiger partial charge on any atom is -0.469 e. The van der Waals surface area contributed by atoms with E-state index in [1.165, 1.54) is 21.0 Å². The van der Waals surface area contributed by atoms with Gasteiger partial charge in [0.25, 0.3) is 0 Å². The van der Waals surface area contributed by atoms with E-state index in [1.807, 2.05) is 6.92 Å². The summed E-state index contributed by atoms with van der Waals surface area (Å²) in [6.45, 7) is 11.3. The van der Waals surface area contributed by atoms with Crippen molar-refractivity contribution in [2.75, 3.05) is 7.11 Å². The van der Waals surface area contributed by atoms with Crippen LogP contribution in [0.1, 0.15) is 92.9 Å². The topological polar surface area (TPSA) is 114 Å². The lowest BCUT2D eigenvalue weighted by molar-refractivity contribution is -0.269. The average molecular weight is 537 g/mol. The zero-order valence-electron chi connectivity index (χ0n) is 23.9. The standard InChI is InChI=1S/C29H44O9/c1-8-10-21(32)37-19-15-29-20(28(6)14-9-13-27(4,5)23(19)28)12-11-18(24(33)34-7)22(29)25(35-16(2)30)38-26(29)36-17(3)31/h18-20,22-23,25-26H,8-15H2,1-7H3. The molecule has 9 heteroatoms. The minimum absolute atomic E-state index is 0.0171. The normalized spacial score (nSPS) is 41.1. The maximum absolute atomic E-state index is 13.1. The molecule has 0 bridgehead atoms. The monoisotopic (exact) mass is 536 g/mol. The Hall–Kier alpha value is -2.16. The molecule has 0 aromatic carbocycles. The molecule has 3 aliphatic carbocycles. The van der Waals surface area contributed by atoms with Crippen LogP contribution in [0.3, 0.4) is 0 Å². The number of carbonyl (C=O) groups excluding carboxylic acids is 4. The minimum atomic E-state index is -1.09. The van der Waals surface area contributed by atoms with Gasteiger partial charge in [-0.3, -0.25) is 19.2 Å². The van der Waals surface area contributed by atoms with Crippen molar-refractivity contribution < 1.29 is 42.9 Å². The van der Waals surface area contributed by atoms with E-state index in [0.717, 1.165) is 19.3 Å². The fourth-order valence-electron chi connectivity index (χ4n) is 9.24.